The molecule has 5 nitrogen and oxygen atoms in total. The van der Waals surface area contributed by atoms with Gasteiger partial charge in [-0.1, -0.05) is 100 Å². The first kappa shape index (κ1) is 28.6. The van der Waals surface area contributed by atoms with Crippen molar-refractivity contribution in [3.8, 4) is 11.8 Å². The molecule has 0 N–H and O–H groups in total. The average molecular weight is 535 g/mol. The van der Waals surface area contributed by atoms with Crippen LogP contribution in [0.5, 0.6) is 0 Å². The summed E-state index contributed by atoms with van der Waals surface area (Å²) in [5.41, 5.74) is 0. The van der Waals surface area contributed by atoms with E-state index in [1.807, 2.05) is 12.1 Å². The van der Waals surface area contributed by atoms with Crippen molar-refractivity contribution in [3.63, 3.8) is 0 Å². The number of benzene rings is 2. The molecule has 5 atom stereocenters. The van der Waals surface area contributed by atoms with Crippen LogP contribution in [0, 0.1) is 17.8 Å². The van der Waals surface area contributed by atoms with E-state index >= 15 is 0 Å². The van der Waals surface area contributed by atoms with Crippen LogP contribution in [0.25, 0.3) is 0 Å². The van der Waals surface area contributed by atoms with Crippen LogP contribution in [0.1, 0.15) is 60.3 Å². The molecule has 0 bridgehead atoms. The third-order valence-electron chi connectivity index (χ3n) is 7.51. The Morgan fingerprint density at radius 2 is 1.66 bits per heavy atom. The van der Waals surface area contributed by atoms with Crippen LogP contribution < -0.4 is 10.4 Å². The van der Waals surface area contributed by atoms with E-state index in [1.54, 1.807) is 0 Å². The zero-order valence-electron chi connectivity index (χ0n) is 23.4. The van der Waals surface area contributed by atoms with Crippen molar-refractivity contribution in [3.05, 3.63) is 60.7 Å². The van der Waals surface area contributed by atoms with E-state index in [9.17, 15) is 4.79 Å². The van der Waals surface area contributed by atoms with Crippen molar-refractivity contribution >= 4 is 24.7 Å². The maximum atomic E-state index is 12.2. The van der Waals surface area contributed by atoms with Gasteiger partial charge in [-0.05, 0) is 34.7 Å². The highest BCUT2D eigenvalue weighted by Crippen LogP contribution is 2.37. The molecule has 6 heteroatoms. The maximum Gasteiger partial charge on any atom is 0.302 e. The smallest absolute Gasteiger partial charge is 0.302 e. The quantitative estimate of drug-likeness (QED) is 0.275. The van der Waals surface area contributed by atoms with Gasteiger partial charge in [0.1, 0.15) is 12.2 Å². The first-order valence-electron chi connectivity index (χ1n) is 13.9. The molecule has 2 heterocycles. The van der Waals surface area contributed by atoms with Crippen molar-refractivity contribution in [2.45, 2.75) is 89.8 Å². The van der Waals surface area contributed by atoms with Crippen LogP contribution >= 0.6 is 0 Å². The Hall–Kier alpha value is -2.43. The Kier molecular flexibility index (Phi) is 9.48. The van der Waals surface area contributed by atoms with Crippen molar-refractivity contribution < 1.29 is 23.4 Å². The number of esters is 1. The molecule has 38 heavy (non-hydrogen) atoms. The second-order valence-corrected chi connectivity index (χ2v) is 15.9. The van der Waals surface area contributed by atoms with E-state index in [1.165, 1.54) is 17.3 Å². The zero-order valence-corrected chi connectivity index (χ0v) is 24.4. The standard InChI is InChI=1S/C32H42O5Si/c1-24-18-19-26(37-30-17-12-20-34-31(30)21-24)22-27(36-25(2)33)23-35-38(32(3,4)5,28-13-8-6-9-14-28)29-15-10-7-11-16-29/h6-11,13-16,24,26-27,30-31H,12,17,20-23H2,1-5H3/t24-,26+,27+,30+,31-/m1/s1. The lowest BCUT2D eigenvalue weighted by molar-refractivity contribution is -0.154. The number of rotatable bonds is 8. The molecule has 2 aliphatic heterocycles. The molecule has 1 saturated heterocycles. The molecule has 0 aliphatic carbocycles. The highest BCUT2D eigenvalue weighted by atomic mass is 28.4. The summed E-state index contributed by atoms with van der Waals surface area (Å²) in [7, 11) is -2.77. The monoisotopic (exact) mass is 534 g/mol. The third kappa shape index (κ3) is 6.76. The minimum Gasteiger partial charge on any atom is -0.460 e. The van der Waals surface area contributed by atoms with Gasteiger partial charge in [-0.15, -0.1) is 0 Å². The minimum atomic E-state index is -2.77. The van der Waals surface area contributed by atoms with Gasteiger partial charge >= 0.3 is 5.97 Å². The maximum absolute atomic E-state index is 12.2. The van der Waals surface area contributed by atoms with Gasteiger partial charge in [0.05, 0.1) is 18.8 Å². The topological polar surface area (TPSA) is 54.0 Å². The molecule has 204 valence electrons. The predicted octanol–water partition coefficient (Wildman–Crippen LogP) is 4.86. The molecule has 0 unspecified atom stereocenters. The Morgan fingerprint density at radius 1 is 1.03 bits per heavy atom. The molecule has 1 fully saturated rings. The van der Waals surface area contributed by atoms with Gasteiger partial charge in [-0.25, -0.2) is 0 Å². The van der Waals surface area contributed by atoms with Crippen LogP contribution in [0.3, 0.4) is 0 Å². The Morgan fingerprint density at radius 3 is 2.24 bits per heavy atom. The number of ether oxygens (including phenoxy) is 3. The fourth-order valence-electron chi connectivity index (χ4n) is 5.79. The molecule has 2 aromatic carbocycles. The normalized spacial score (nSPS) is 24.7. The van der Waals surface area contributed by atoms with E-state index in [2.05, 4.69) is 88.1 Å². The first-order chi connectivity index (χ1) is 18.2. The summed E-state index contributed by atoms with van der Waals surface area (Å²) < 4.78 is 25.5. The summed E-state index contributed by atoms with van der Waals surface area (Å²) in [5.74, 6) is 6.58. The van der Waals surface area contributed by atoms with Gasteiger partial charge in [0.15, 0.2) is 0 Å². The lowest BCUT2D eigenvalue weighted by Gasteiger charge is -2.43. The van der Waals surface area contributed by atoms with Gasteiger partial charge < -0.3 is 18.6 Å². The highest BCUT2D eigenvalue weighted by molar-refractivity contribution is 6.99. The molecule has 4 rings (SSSR count). The summed E-state index contributed by atoms with van der Waals surface area (Å²) in [5, 5.41) is 2.21. The molecule has 0 aromatic heterocycles. The third-order valence-corrected chi connectivity index (χ3v) is 12.5. The molecular weight excluding hydrogens is 492 g/mol. The van der Waals surface area contributed by atoms with Gasteiger partial charge in [0.25, 0.3) is 8.32 Å². The molecular formula is C32H42O5Si. The molecule has 0 saturated carbocycles. The lowest BCUT2D eigenvalue weighted by Crippen LogP contribution is -2.67. The summed E-state index contributed by atoms with van der Waals surface area (Å²) in [6.45, 7) is 11.4. The minimum absolute atomic E-state index is 0.0152. The van der Waals surface area contributed by atoms with Crippen LogP contribution in [0.4, 0.5) is 0 Å². The molecule has 2 aliphatic rings. The van der Waals surface area contributed by atoms with Crippen LogP contribution in [-0.4, -0.2) is 51.9 Å². The summed E-state index contributed by atoms with van der Waals surface area (Å²) in [4.78, 5) is 12.2. The Bertz CT molecular complexity index is 1060. The van der Waals surface area contributed by atoms with Gasteiger partial charge in [-0.3, -0.25) is 4.79 Å². The van der Waals surface area contributed by atoms with Gasteiger partial charge in [0.2, 0.25) is 0 Å². The molecule has 0 amide bonds. The average Bonchev–Trinajstić information content (AvgIpc) is 2.88. The van der Waals surface area contributed by atoms with Crippen LogP contribution in [0.2, 0.25) is 5.04 Å². The zero-order chi connectivity index (χ0) is 27.2. The number of hydrogen-bond acceptors (Lipinski definition) is 5. The van der Waals surface area contributed by atoms with E-state index in [0.717, 1.165) is 25.9 Å². The lowest BCUT2D eigenvalue weighted by atomic mass is 9.94. The Balaban J connectivity index is 1.63. The molecule has 0 radical (unpaired) electrons. The predicted molar refractivity (Wildman–Crippen MR) is 153 cm³/mol. The van der Waals surface area contributed by atoms with Crippen molar-refractivity contribution in [1.82, 2.24) is 0 Å². The van der Waals surface area contributed by atoms with Crippen LogP contribution in [0.15, 0.2) is 60.7 Å². The second-order valence-electron chi connectivity index (χ2n) is 11.6. The number of carbonyl (C=O) groups excluding carboxylic acids is 1. The van der Waals surface area contributed by atoms with Gasteiger partial charge in [-0.2, -0.15) is 0 Å². The first-order valence-corrected chi connectivity index (χ1v) is 15.8. The second kappa shape index (κ2) is 12.6. The van der Waals surface area contributed by atoms with Crippen molar-refractivity contribution in [2.24, 2.45) is 5.92 Å². The van der Waals surface area contributed by atoms with Crippen molar-refractivity contribution in [2.75, 3.05) is 13.2 Å². The SMILES string of the molecule is CC(=O)O[C@H](CO[Si](c1ccccc1)(c1ccccc1)C(C)(C)C)C[C@@H]1C#C[C@@H](C)C[C@H]2OCCC[C@@H]2O1. The van der Waals surface area contributed by atoms with E-state index in [0.29, 0.717) is 6.42 Å². The van der Waals surface area contributed by atoms with Gasteiger partial charge in [0, 0.05) is 25.9 Å². The number of hydrogen-bond donors (Lipinski definition) is 0. The molecule has 0 spiro atoms. The fraction of sp³-hybridized carbons (Fsp3) is 0.531. The Labute approximate surface area is 229 Å². The van der Waals surface area contributed by atoms with E-state index in [-0.39, 0.29) is 41.8 Å². The van der Waals surface area contributed by atoms with Crippen molar-refractivity contribution in [1.29, 1.82) is 0 Å². The molecule has 2 aromatic rings. The van der Waals surface area contributed by atoms with Crippen LogP contribution in [-0.2, 0) is 23.4 Å². The largest absolute Gasteiger partial charge is 0.460 e. The highest BCUT2D eigenvalue weighted by Gasteiger charge is 2.50. The summed E-state index contributed by atoms with van der Waals surface area (Å²) in [6.07, 6.45) is 2.55. The summed E-state index contributed by atoms with van der Waals surface area (Å²) >= 11 is 0. The fourth-order valence-corrected chi connectivity index (χ4v) is 10.4. The van der Waals surface area contributed by atoms with E-state index in [4.69, 9.17) is 18.6 Å². The summed E-state index contributed by atoms with van der Waals surface area (Å²) in [6, 6.07) is 21.0. The van der Waals surface area contributed by atoms with E-state index < -0.39 is 14.4 Å². The number of fused-ring (bicyclic) bond motifs is 1. The number of carbonyl (C=O) groups is 1.